The van der Waals surface area contributed by atoms with E-state index in [2.05, 4.69) is 4.99 Å². The number of carboxylic acids is 1. The van der Waals surface area contributed by atoms with Crippen LogP contribution in [0, 0.1) is 0 Å². The number of aliphatic imine (C=N–C) groups is 1. The number of carboxylic acid groups (broad SMARTS) is 1. The predicted octanol–water partition coefficient (Wildman–Crippen LogP) is 7.16. The fourth-order valence-electron chi connectivity index (χ4n) is 3.14. The number of likely N-dealkylation sites (N-methyl/N-ethyl adjacent to an activating group) is 1. The quantitative estimate of drug-likeness (QED) is 0.331. The minimum Gasteiger partial charge on any atom is -0.487 e. The molecule has 0 bridgehead atoms. The topological polar surface area (TPSA) is 79.2 Å². The van der Waals surface area contributed by atoms with E-state index in [0.29, 0.717) is 42.1 Å². The molecule has 4 rings (SSSR count). The highest BCUT2D eigenvalue weighted by Gasteiger charge is 2.30. The molecular weight excluding hydrogens is 531 g/mol. The molecule has 1 heterocycles. The summed E-state index contributed by atoms with van der Waals surface area (Å²) < 4.78 is 5.80. The highest BCUT2D eigenvalue weighted by molar-refractivity contribution is 8.18. The van der Waals surface area contributed by atoms with Gasteiger partial charge in [0.1, 0.15) is 12.4 Å². The van der Waals surface area contributed by atoms with Gasteiger partial charge in [-0.3, -0.25) is 9.69 Å². The summed E-state index contributed by atoms with van der Waals surface area (Å²) in [6.07, 6.45) is 1.71. The van der Waals surface area contributed by atoms with Crippen molar-refractivity contribution >= 4 is 75.4 Å². The lowest BCUT2D eigenvalue weighted by atomic mass is 10.2. The first-order chi connectivity index (χ1) is 16.7. The van der Waals surface area contributed by atoms with Crippen LogP contribution in [0.4, 0.5) is 5.69 Å². The average molecular weight is 548 g/mol. The van der Waals surface area contributed by atoms with Gasteiger partial charge in [0.15, 0.2) is 5.17 Å². The Morgan fingerprint density at radius 1 is 1.09 bits per heavy atom. The molecule has 0 aliphatic carbocycles. The van der Waals surface area contributed by atoms with Gasteiger partial charge in [0.2, 0.25) is 0 Å². The van der Waals surface area contributed by atoms with Gasteiger partial charge in [-0.2, -0.15) is 0 Å². The fraction of sp³-hybridized carbons (Fsp3) is 0.0800. The van der Waals surface area contributed by atoms with Crippen LogP contribution in [0.1, 0.15) is 21.5 Å². The number of rotatable bonds is 6. The number of carbonyl (C=O) groups is 2. The maximum atomic E-state index is 12.7. The second-order valence-electron chi connectivity index (χ2n) is 7.44. The molecule has 1 aliphatic rings. The van der Waals surface area contributed by atoms with Crippen LogP contribution in [0.15, 0.2) is 70.6 Å². The Morgan fingerprint density at radius 3 is 2.60 bits per heavy atom. The number of nitrogens with zero attached hydrogens (tertiary/aromatic N) is 2. The number of aromatic carboxylic acids is 1. The van der Waals surface area contributed by atoms with Crippen molar-refractivity contribution in [1.82, 2.24) is 4.90 Å². The van der Waals surface area contributed by atoms with Gasteiger partial charge in [-0.1, -0.05) is 53.0 Å². The van der Waals surface area contributed by atoms with Crippen molar-refractivity contribution in [3.8, 4) is 5.75 Å². The van der Waals surface area contributed by atoms with E-state index in [1.54, 1.807) is 61.7 Å². The molecule has 0 aromatic heterocycles. The Bertz CT molecular complexity index is 1390. The Labute approximate surface area is 220 Å². The Morgan fingerprint density at radius 2 is 1.89 bits per heavy atom. The van der Waals surface area contributed by atoms with Crippen molar-refractivity contribution < 1.29 is 19.4 Å². The summed E-state index contributed by atoms with van der Waals surface area (Å²) in [4.78, 5) is 30.2. The molecule has 3 aromatic rings. The lowest BCUT2D eigenvalue weighted by Crippen LogP contribution is -2.23. The van der Waals surface area contributed by atoms with Crippen LogP contribution in [-0.2, 0) is 11.4 Å². The van der Waals surface area contributed by atoms with Crippen molar-refractivity contribution in [2.75, 3.05) is 7.05 Å². The summed E-state index contributed by atoms with van der Waals surface area (Å²) in [5.41, 5.74) is 2.05. The van der Waals surface area contributed by atoms with Crippen molar-refractivity contribution in [3.05, 3.63) is 97.3 Å². The molecule has 3 aromatic carbocycles. The molecule has 0 unspecified atom stereocenters. The summed E-state index contributed by atoms with van der Waals surface area (Å²) >= 11 is 19.7. The molecule has 1 aliphatic heterocycles. The van der Waals surface area contributed by atoms with Crippen LogP contribution in [0.2, 0.25) is 15.1 Å². The minimum atomic E-state index is -1.04. The molecule has 10 heteroatoms. The van der Waals surface area contributed by atoms with E-state index < -0.39 is 5.97 Å². The third-order valence-corrected chi connectivity index (χ3v) is 6.92. The summed E-state index contributed by atoms with van der Waals surface area (Å²) in [6.45, 7) is 0.220. The zero-order valence-corrected chi connectivity index (χ0v) is 21.3. The van der Waals surface area contributed by atoms with Crippen molar-refractivity contribution in [1.29, 1.82) is 0 Å². The zero-order chi connectivity index (χ0) is 25.1. The van der Waals surface area contributed by atoms with Gasteiger partial charge in [0.05, 0.1) is 21.2 Å². The maximum Gasteiger partial charge on any atom is 0.335 e. The highest BCUT2D eigenvalue weighted by atomic mass is 35.5. The second-order valence-corrected chi connectivity index (χ2v) is 9.70. The van der Waals surface area contributed by atoms with E-state index in [0.717, 1.165) is 5.56 Å². The number of amides is 1. The van der Waals surface area contributed by atoms with Crippen LogP contribution in [0.3, 0.4) is 0 Å². The predicted molar refractivity (Wildman–Crippen MR) is 141 cm³/mol. The van der Waals surface area contributed by atoms with Gasteiger partial charge in [0.25, 0.3) is 5.91 Å². The Hall–Kier alpha value is -2.97. The fourth-order valence-corrected chi connectivity index (χ4v) is 4.83. The first-order valence-electron chi connectivity index (χ1n) is 10.2. The van der Waals surface area contributed by atoms with E-state index in [-0.39, 0.29) is 18.1 Å². The van der Waals surface area contributed by atoms with E-state index in [1.165, 1.54) is 28.8 Å². The third-order valence-electron chi connectivity index (χ3n) is 4.97. The molecule has 0 atom stereocenters. The number of thioether (sulfide) groups is 1. The van der Waals surface area contributed by atoms with Crippen molar-refractivity contribution in [2.45, 2.75) is 6.61 Å². The number of ether oxygens (including phenoxy) is 1. The standard InChI is InChI=1S/C25H17Cl3N2O4S/c1-30-23(31)22(35-25(30)29-18-4-2-3-15(11-18)24(32)33)10-14-5-8-21(20(28)9-14)34-13-16-6-7-17(26)12-19(16)27/h2-12H,13H2,1H3,(H,32,33). The molecule has 6 nitrogen and oxygen atoms in total. The normalized spacial score (nSPS) is 15.8. The smallest absolute Gasteiger partial charge is 0.335 e. The lowest BCUT2D eigenvalue weighted by molar-refractivity contribution is -0.121. The first-order valence-corrected chi connectivity index (χ1v) is 12.1. The van der Waals surface area contributed by atoms with Crippen LogP contribution < -0.4 is 4.74 Å². The number of hydrogen-bond donors (Lipinski definition) is 1. The van der Waals surface area contributed by atoms with Gasteiger partial charge in [-0.15, -0.1) is 0 Å². The SMILES string of the molecule is CN1C(=O)C(=Cc2ccc(OCc3ccc(Cl)cc3Cl)c(Cl)c2)SC1=Nc1cccc(C(=O)O)c1. The number of carbonyl (C=O) groups excluding carboxylic acids is 1. The van der Waals surface area contributed by atoms with Crippen molar-refractivity contribution in [2.24, 2.45) is 4.99 Å². The number of hydrogen-bond acceptors (Lipinski definition) is 5. The van der Waals surface area contributed by atoms with Gasteiger partial charge in [-0.05, 0) is 65.9 Å². The largest absolute Gasteiger partial charge is 0.487 e. The van der Waals surface area contributed by atoms with Crippen LogP contribution in [0.25, 0.3) is 6.08 Å². The average Bonchev–Trinajstić information content (AvgIpc) is 3.07. The summed E-state index contributed by atoms with van der Waals surface area (Å²) in [6, 6.07) is 16.6. The van der Waals surface area contributed by atoms with Crippen LogP contribution >= 0.6 is 46.6 Å². The zero-order valence-electron chi connectivity index (χ0n) is 18.2. The Kier molecular flexibility index (Phi) is 7.72. The van der Waals surface area contributed by atoms with E-state index in [9.17, 15) is 9.59 Å². The third kappa shape index (κ3) is 6.00. The summed E-state index contributed by atoms with van der Waals surface area (Å²) in [7, 11) is 1.61. The summed E-state index contributed by atoms with van der Waals surface area (Å²) in [5.74, 6) is -0.795. The number of halogens is 3. The van der Waals surface area contributed by atoms with E-state index in [1.807, 2.05) is 0 Å². The molecule has 178 valence electrons. The molecule has 1 fully saturated rings. The van der Waals surface area contributed by atoms with Gasteiger partial charge in [-0.25, -0.2) is 9.79 Å². The van der Waals surface area contributed by atoms with Gasteiger partial charge >= 0.3 is 5.97 Å². The molecule has 1 saturated heterocycles. The molecule has 35 heavy (non-hydrogen) atoms. The monoisotopic (exact) mass is 546 g/mol. The maximum absolute atomic E-state index is 12.7. The van der Waals surface area contributed by atoms with Gasteiger partial charge < -0.3 is 9.84 Å². The van der Waals surface area contributed by atoms with Gasteiger partial charge in [0, 0.05) is 22.7 Å². The molecule has 0 saturated carbocycles. The minimum absolute atomic E-state index is 0.120. The van der Waals surface area contributed by atoms with E-state index >= 15 is 0 Å². The molecule has 1 N–H and O–H groups in total. The lowest BCUT2D eigenvalue weighted by Gasteiger charge is -2.10. The van der Waals surface area contributed by atoms with Crippen LogP contribution in [-0.4, -0.2) is 34.1 Å². The molecule has 0 spiro atoms. The first kappa shape index (κ1) is 25.1. The number of benzene rings is 3. The van der Waals surface area contributed by atoms with E-state index in [4.69, 9.17) is 44.6 Å². The van der Waals surface area contributed by atoms with Crippen LogP contribution in [0.5, 0.6) is 5.75 Å². The highest BCUT2D eigenvalue weighted by Crippen LogP contribution is 2.35. The van der Waals surface area contributed by atoms with Crippen molar-refractivity contribution in [3.63, 3.8) is 0 Å². The molecular formula is C25H17Cl3N2O4S. The second kappa shape index (κ2) is 10.7. The molecule has 1 amide bonds. The Balaban J connectivity index is 1.50. The number of amidine groups is 1. The molecule has 0 radical (unpaired) electrons. The summed E-state index contributed by atoms with van der Waals surface area (Å²) in [5, 5.41) is 11.0.